The third kappa shape index (κ3) is 5.30. The molecule has 0 aliphatic rings. The van der Waals surface area contributed by atoms with Gasteiger partial charge in [0.05, 0.1) is 37.0 Å². The van der Waals surface area contributed by atoms with Gasteiger partial charge >= 0.3 is 5.97 Å². The maximum absolute atomic E-state index is 11.9. The molecule has 7 heteroatoms. The minimum atomic E-state index is -0.384. The third-order valence-corrected chi connectivity index (χ3v) is 3.17. The lowest BCUT2D eigenvalue weighted by molar-refractivity contribution is -0.141. The zero-order valence-electron chi connectivity index (χ0n) is 12.1. The van der Waals surface area contributed by atoms with Crippen molar-refractivity contribution in [1.29, 1.82) is 0 Å². The molecule has 0 unspecified atom stereocenters. The second-order valence-electron chi connectivity index (χ2n) is 4.76. The van der Waals surface area contributed by atoms with Gasteiger partial charge in [0.25, 0.3) is 0 Å². The van der Waals surface area contributed by atoms with E-state index in [4.69, 9.17) is 11.6 Å². The van der Waals surface area contributed by atoms with Crippen molar-refractivity contribution in [1.82, 2.24) is 14.7 Å². The Balaban J connectivity index is 2.59. The van der Waals surface area contributed by atoms with Gasteiger partial charge in [-0.05, 0) is 14.1 Å². The van der Waals surface area contributed by atoms with Crippen LogP contribution >= 0.6 is 11.6 Å². The van der Waals surface area contributed by atoms with Crippen LogP contribution in [0.15, 0.2) is 6.20 Å². The normalized spacial score (nSPS) is 10.8. The minimum Gasteiger partial charge on any atom is -0.469 e. The fraction of sp³-hybridized carbons (Fsp3) is 0.615. The Bertz CT molecular complexity index is 471. The lowest BCUT2D eigenvalue weighted by Gasteiger charge is -2.12. The maximum atomic E-state index is 11.9. The average Bonchev–Trinajstić information content (AvgIpc) is 2.74. The Morgan fingerprint density at radius 3 is 2.70 bits per heavy atom. The Morgan fingerprint density at radius 2 is 2.10 bits per heavy atom. The van der Waals surface area contributed by atoms with Crippen LogP contribution in [0, 0.1) is 0 Å². The number of aromatic nitrogens is 2. The number of likely N-dealkylation sites (N-methyl/N-ethyl adjacent to an activating group) is 1. The highest BCUT2D eigenvalue weighted by molar-refractivity contribution is 6.31. The van der Waals surface area contributed by atoms with Crippen molar-refractivity contribution in [3.05, 3.63) is 16.9 Å². The van der Waals surface area contributed by atoms with Crippen molar-refractivity contribution in [3.8, 4) is 0 Å². The Labute approximate surface area is 123 Å². The van der Waals surface area contributed by atoms with Crippen LogP contribution in [0.1, 0.15) is 18.5 Å². The predicted molar refractivity (Wildman–Crippen MR) is 75.8 cm³/mol. The summed E-state index contributed by atoms with van der Waals surface area (Å²) in [6.45, 7) is 1.47. The molecule has 0 aliphatic heterocycles. The Morgan fingerprint density at radius 1 is 1.40 bits per heavy atom. The van der Waals surface area contributed by atoms with Crippen LogP contribution in [0.4, 0.5) is 0 Å². The molecular weight excluding hydrogens is 282 g/mol. The molecule has 1 aromatic heterocycles. The van der Waals surface area contributed by atoms with Crippen molar-refractivity contribution < 1.29 is 14.3 Å². The standard InChI is InChI=1S/C13H20ClN3O3/c1-16(2)6-7-17-12(11(14)9-15-17)8-10(18)4-5-13(19)20-3/h9H,4-8H2,1-3H3. The quantitative estimate of drug-likeness (QED) is 0.674. The number of nitrogens with zero attached hydrogens (tertiary/aromatic N) is 3. The zero-order chi connectivity index (χ0) is 15.1. The molecule has 0 amide bonds. The number of carbonyl (C=O) groups is 2. The number of ketones is 1. The Hall–Kier alpha value is -1.40. The molecule has 0 bridgehead atoms. The summed E-state index contributed by atoms with van der Waals surface area (Å²) in [7, 11) is 5.23. The van der Waals surface area contributed by atoms with Gasteiger partial charge in [0.1, 0.15) is 5.78 Å². The summed E-state index contributed by atoms with van der Waals surface area (Å²) in [5, 5.41) is 4.65. The van der Waals surface area contributed by atoms with Gasteiger partial charge < -0.3 is 9.64 Å². The zero-order valence-corrected chi connectivity index (χ0v) is 12.8. The van der Waals surface area contributed by atoms with Crippen LogP contribution in [-0.2, 0) is 27.3 Å². The number of methoxy groups -OCH3 is 1. The van der Waals surface area contributed by atoms with E-state index >= 15 is 0 Å². The lowest BCUT2D eigenvalue weighted by Crippen LogP contribution is -2.21. The second kappa shape index (κ2) is 8.01. The monoisotopic (exact) mass is 301 g/mol. The SMILES string of the molecule is COC(=O)CCC(=O)Cc1c(Cl)cnn1CCN(C)C. The van der Waals surface area contributed by atoms with E-state index in [1.54, 1.807) is 10.9 Å². The van der Waals surface area contributed by atoms with E-state index < -0.39 is 0 Å². The van der Waals surface area contributed by atoms with Gasteiger partial charge in [-0.1, -0.05) is 11.6 Å². The fourth-order valence-corrected chi connectivity index (χ4v) is 1.88. The Kier molecular flexibility index (Phi) is 6.67. The molecule has 0 aliphatic carbocycles. The van der Waals surface area contributed by atoms with Gasteiger partial charge in [0.15, 0.2) is 0 Å². The molecule has 0 saturated heterocycles. The molecule has 112 valence electrons. The van der Waals surface area contributed by atoms with Crippen molar-refractivity contribution in [3.63, 3.8) is 0 Å². The highest BCUT2D eigenvalue weighted by Gasteiger charge is 2.15. The molecule has 0 fully saturated rings. The van der Waals surface area contributed by atoms with Crippen molar-refractivity contribution >= 4 is 23.4 Å². The van der Waals surface area contributed by atoms with Gasteiger partial charge in [-0.25, -0.2) is 0 Å². The second-order valence-corrected chi connectivity index (χ2v) is 5.16. The number of rotatable bonds is 8. The molecular formula is C13H20ClN3O3. The number of hydrogen-bond donors (Lipinski definition) is 0. The highest BCUT2D eigenvalue weighted by Crippen LogP contribution is 2.17. The lowest BCUT2D eigenvalue weighted by atomic mass is 10.1. The molecule has 1 rings (SSSR count). The first-order valence-corrected chi connectivity index (χ1v) is 6.75. The van der Waals surface area contributed by atoms with Crippen LogP contribution in [0.3, 0.4) is 0 Å². The van der Waals surface area contributed by atoms with Gasteiger partial charge in [-0.15, -0.1) is 0 Å². The smallest absolute Gasteiger partial charge is 0.305 e. The van der Waals surface area contributed by atoms with Crippen LogP contribution < -0.4 is 0 Å². The van der Waals surface area contributed by atoms with E-state index in [2.05, 4.69) is 9.84 Å². The van der Waals surface area contributed by atoms with Crippen molar-refractivity contribution in [2.45, 2.75) is 25.8 Å². The van der Waals surface area contributed by atoms with Crippen LogP contribution in [0.2, 0.25) is 5.02 Å². The van der Waals surface area contributed by atoms with E-state index in [1.165, 1.54) is 7.11 Å². The van der Waals surface area contributed by atoms with Crippen LogP contribution in [-0.4, -0.2) is 54.2 Å². The van der Waals surface area contributed by atoms with Gasteiger partial charge in [-0.2, -0.15) is 5.10 Å². The average molecular weight is 302 g/mol. The first-order valence-electron chi connectivity index (χ1n) is 6.37. The van der Waals surface area contributed by atoms with E-state index in [-0.39, 0.29) is 31.0 Å². The number of Topliss-reactive ketones (excluding diaryl/α,β-unsaturated/α-hetero) is 1. The summed E-state index contributed by atoms with van der Waals surface area (Å²) in [4.78, 5) is 24.9. The summed E-state index contributed by atoms with van der Waals surface area (Å²) in [6, 6.07) is 0. The molecule has 0 aromatic carbocycles. The maximum Gasteiger partial charge on any atom is 0.305 e. The number of carbonyl (C=O) groups excluding carboxylic acids is 2. The summed E-state index contributed by atoms with van der Waals surface area (Å²) < 4.78 is 6.24. The molecule has 1 aromatic rings. The van der Waals surface area contributed by atoms with Gasteiger partial charge in [0.2, 0.25) is 0 Å². The first-order chi connectivity index (χ1) is 9.43. The predicted octanol–water partition coefficient (Wildman–Crippen LogP) is 1.16. The number of halogens is 1. The number of esters is 1. The first kappa shape index (κ1) is 16.7. The van der Waals surface area contributed by atoms with E-state index in [9.17, 15) is 9.59 Å². The molecule has 20 heavy (non-hydrogen) atoms. The largest absolute Gasteiger partial charge is 0.469 e. The van der Waals surface area contributed by atoms with Crippen LogP contribution in [0.25, 0.3) is 0 Å². The van der Waals surface area contributed by atoms with Gasteiger partial charge in [-0.3, -0.25) is 14.3 Å². The van der Waals surface area contributed by atoms with Crippen LogP contribution in [0.5, 0.6) is 0 Å². The number of hydrogen-bond acceptors (Lipinski definition) is 5. The highest BCUT2D eigenvalue weighted by atomic mass is 35.5. The molecule has 0 radical (unpaired) electrons. The molecule has 0 N–H and O–H groups in total. The molecule has 1 heterocycles. The summed E-state index contributed by atoms with van der Waals surface area (Å²) in [6.07, 6.45) is 1.98. The molecule has 0 atom stereocenters. The minimum absolute atomic E-state index is 0.0519. The summed E-state index contributed by atoms with van der Waals surface area (Å²) in [5.74, 6) is -0.436. The van der Waals surface area contributed by atoms with Crippen molar-refractivity contribution in [2.75, 3.05) is 27.7 Å². The van der Waals surface area contributed by atoms with Gasteiger partial charge in [0, 0.05) is 19.4 Å². The molecule has 6 nitrogen and oxygen atoms in total. The third-order valence-electron chi connectivity index (χ3n) is 2.86. The van der Waals surface area contributed by atoms with Crippen molar-refractivity contribution in [2.24, 2.45) is 0 Å². The number of ether oxygens (including phenoxy) is 1. The molecule has 0 saturated carbocycles. The summed E-state index contributed by atoms with van der Waals surface area (Å²) in [5.41, 5.74) is 0.698. The van der Waals surface area contributed by atoms with E-state index in [1.807, 2.05) is 19.0 Å². The van der Waals surface area contributed by atoms with E-state index in [0.29, 0.717) is 17.3 Å². The molecule has 0 spiro atoms. The summed E-state index contributed by atoms with van der Waals surface area (Å²) >= 11 is 6.05. The van der Waals surface area contributed by atoms with E-state index in [0.717, 1.165) is 6.54 Å². The topological polar surface area (TPSA) is 64.4 Å². The fourth-order valence-electron chi connectivity index (χ4n) is 1.67.